The van der Waals surface area contributed by atoms with Crippen LogP contribution in [0.4, 0.5) is 8.78 Å². The van der Waals surface area contributed by atoms with E-state index in [4.69, 9.17) is 0 Å². The van der Waals surface area contributed by atoms with E-state index in [1.807, 2.05) is 107 Å². The molecule has 2 aromatic heterocycles. The molecule has 16 nitrogen and oxygen atoms in total. The number of para-hydroxylation sites is 1. The second-order valence-electron chi connectivity index (χ2n) is 22.5. The first-order chi connectivity index (χ1) is 37.5. The van der Waals surface area contributed by atoms with Gasteiger partial charge in [0.1, 0.15) is 53.9 Å². The number of pyridine rings is 1. The number of nitrogens with one attached hydrogen (secondary N) is 4. The topological polar surface area (TPSA) is 195 Å². The predicted octanol–water partition coefficient (Wildman–Crippen LogP) is 6.68. The second-order valence-corrected chi connectivity index (χ2v) is 22.5. The zero-order valence-corrected chi connectivity index (χ0v) is 46.7. The van der Waals surface area contributed by atoms with Crippen molar-refractivity contribution in [3.63, 3.8) is 0 Å². The van der Waals surface area contributed by atoms with E-state index in [2.05, 4.69) is 32.8 Å². The zero-order chi connectivity index (χ0) is 57.5. The first-order valence-corrected chi connectivity index (χ1v) is 27.2. The number of hydrogen-bond donors (Lipinski definition) is 4. The van der Waals surface area contributed by atoms with Gasteiger partial charge in [0.2, 0.25) is 41.4 Å². The van der Waals surface area contributed by atoms with Gasteiger partial charge in [0.15, 0.2) is 0 Å². The van der Waals surface area contributed by atoms with E-state index in [0.29, 0.717) is 23.6 Å². The van der Waals surface area contributed by atoms with Crippen molar-refractivity contribution >= 4 is 63.0 Å². The molecule has 5 aromatic rings. The Bertz CT molecular complexity index is 3110. The third-order valence-corrected chi connectivity index (χ3v) is 15.1. The molecule has 3 aromatic carbocycles. The van der Waals surface area contributed by atoms with Crippen LogP contribution in [0.25, 0.3) is 21.7 Å². The lowest BCUT2D eigenvalue weighted by Gasteiger charge is -2.38. The van der Waals surface area contributed by atoms with Gasteiger partial charge in [-0.05, 0) is 105 Å². The Labute approximate surface area is 461 Å². The molecule has 2 bridgehead atoms. The van der Waals surface area contributed by atoms with Gasteiger partial charge in [-0.3, -0.25) is 38.5 Å². The molecule has 4 heterocycles. The van der Waals surface area contributed by atoms with E-state index < -0.39 is 107 Å². The predicted molar refractivity (Wildman–Crippen MR) is 300 cm³/mol. The molecule has 0 saturated carbocycles. The fraction of sp³-hybridized carbons (Fsp3) is 0.443. The van der Waals surface area contributed by atoms with Crippen molar-refractivity contribution in [2.24, 2.45) is 11.8 Å². The monoisotopic (exact) mass is 1080 g/mol. The molecular weight excluding hydrogens is 1010 g/mol. The number of nitrogens with zero attached hydrogens (tertiary/aromatic N) is 5. The van der Waals surface area contributed by atoms with Gasteiger partial charge in [-0.1, -0.05) is 82.3 Å². The zero-order valence-electron chi connectivity index (χ0n) is 46.7. The fourth-order valence-electron chi connectivity index (χ4n) is 10.6. The molecule has 420 valence electrons. The highest BCUT2D eigenvalue weighted by atomic mass is 19.1. The van der Waals surface area contributed by atoms with Crippen molar-refractivity contribution in [2.75, 3.05) is 20.6 Å². The lowest BCUT2D eigenvalue weighted by molar-refractivity contribution is -0.150. The average Bonchev–Trinajstić information content (AvgIpc) is 3.89. The minimum Gasteiger partial charge on any atom is -0.343 e. The third kappa shape index (κ3) is 14.1. The van der Waals surface area contributed by atoms with Crippen molar-refractivity contribution in [2.45, 2.75) is 141 Å². The molecule has 18 heteroatoms. The molecule has 2 aliphatic rings. The number of allylic oxidation sites excluding steroid dienone is 1. The summed E-state index contributed by atoms with van der Waals surface area (Å²) in [6.45, 7) is 17.1. The second kappa shape index (κ2) is 25.4. The first kappa shape index (κ1) is 58.9. The minimum atomic E-state index is -1.58. The smallest absolute Gasteiger partial charge is 0.246 e. The van der Waals surface area contributed by atoms with Gasteiger partial charge in [0.25, 0.3) is 0 Å². The summed E-state index contributed by atoms with van der Waals surface area (Å²) in [6.07, 6.45) is 10.7. The van der Waals surface area contributed by atoms with Crippen LogP contribution in [0.3, 0.4) is 0 Å². The minimum absolute atomic E-state index is 0.0208. The Morgan fingerprint density at radius 3 is 1.97 bits per heavy atom. The molecule has 0 aliphatic carbocycles. The lowest BCUT2D eigenvalue weighted by Crippen LogP contribution is -2.61. The van der Waals surface area contributed by atoms with Crippen LogP contribution in [0, 0.1) is 23.5 Å². The summed E-state index contributed by atoms with van der Waals surface area (Å²) in [5.41, 5.74) is 1.54. The standard InChI is InChI=1S/C61H75F2N9O7/c1-11-61(7,8)72-35-43(46-17-14-15-18-50(46)72)32-49-59(78)70(10)52(25-36(2)3)56(75)66-47(30-39-20-21-42-34-64-23-22-41(42)27-39)54(73)65-38(6)58(77)69(9)51-19-13-12-16-24-71(60(51)79)53(26-37(4)5)57(76)67-48(55(74)68-49)31-40-28-44(62)33-45(63)29-40/h11-15,17-18,20-23,27-29,33-38,47-49,51-53H,1,16,19,24-26,30-32H2,2-10H3,(H,65,73)(H,66,75)(H,67,76)(H,68,74)/b13-12-/t38-,47-,48-,49-,51-,52-,53-/m0/s1. The molecule has 7 atom stereocenters. The molecule has 2 aliphatic heterocycles. The van der Waals surface area contributed by atoms with E-state index in [1.165, 1.54) is 35.7 Å². The maximum atomic E-state index is 15.6. The SMILES string of the molecule is C=CC(C)(C)n1cc(C[C@@H]2NC(=O)[C@H](Cc3cc(F)cc(F)c3)NC(=O)[C@H](CC(C)C)N3CC/C=C\C[C@@H](C3=O)N(C)C(=O)[C@H](C)NC(=O)[C@H](Cc3ccc4cnccc4c3)NC(=O)[C@H](CC(C)C)N(C)C2=O)c2ccccc21. The number of halogens is 2. The van der Waals surface area contributed by atoms with Crippen molar-refractivity contribution in [1.82, 2.24) is 45.5 Å². The quantitative estimate of drug-likeness (QED) is 0.0994. The van der Waals surface area contributed by atoms with Gasteiger partial charge in [0, 0.05) is 80.8 Å². The summed E-state index contributed by atoms with van der Waals surface area (Å²) < 4.78 is 31.9. The highest BCUT2D eigenvalue weighted by Gasteiger charge is 2.41. The number of hydrogen-bond acceptors (Lipinski definition) is 8. The van der Waals surface area contributed by atoms with Gasteiger partial charge >= 0.3 is 0 Å². The van der Waals surface area contributed by atoms with Crippen molar-refractivity contribution in [3.05, 3.63) is 138 Å². The molecule has 1 fully saturated rings. The first-order valence-electron chi connectivity index (χ1n) is 27.2. The van der Waals surface area contributed by atoms with E-state index in [0.717, 1.165) is 33.8 Å². The van der Waals surface area contributed by atoms with E-state index >= 15 is 24.0 Å². The summed E-state index contributed by atoms with van der Waals surface area (Å²) in [7, 11) is 2.90. The third-order valence-electron chi connectivity index (χ3n) is 15.1. The van der Waals surface area contributed by atoms with Gasteiger partial charge in [-0.25, -0.2) is 8.78 Å². The van der Waals surface area contributed by atoms with Crippen molar-refractivity contribution in [1.29, 1.82) is 0 Å². The Balaban J connectivity index is 1.39. The number of fused-ring (bicyclic) bond motifs is 4. The molecule has 0 radical (unpaired) electrons. The molecule has 0 unspecified atom stereocenters. The van der Waals surface area contributed by atoms with E-state index in [1.54, 1.807) is 24.5 Å². The van der Waals surface area contributed by atoms with Crippen LogP contribution in [-0.2, 0) is 58.4 Å². The Morgan fingerprint density at radius 1 is 0.684 bits per heavy atom. The Hall–Kier alpha value is -7.76. The molecule has 1 saturated heterocycles. The maximum absolute atomic E-state index is 15.6. The Kier molecular flexibility index (Phi) is 18.9. The molecule has 4 N–H and O–H groups in total. The summed E-state index contributed by atoms with van der Waals surface area (Å²) in [6, 6.07) is 8.61. The van der Waals surface area contributed by atoms with Crippen LogP contribution in [0.15, 0.2) is 110 Å². The molecule has 0 spiro atoms. The van der Waals surface area contributed by atoms with Gasteiger partial charge in [0.05, 0.1) is 5.54 Å². The van der Waals surface area contributed by atoms with Crippen LogP contribution < -0.4 is 21.3 Å². The van der Waals surface area contributed by atoms with Crippen LogP contribution in [0.1, 0.15) is 90.8 Å². The highest BCUT2D eigenvalue weighted by molar-refractivity contribution is 5.99. The number of rotatable bonds is 12. The van der Waals surface area contributed by atoms with Crippen LogP contribution >= 0.6 is 0 Å². The summed E-state index contributed by atoms with van der Waals surface area (Å²) in [5, 5.41) is 14.0. The van der Waals surface area contributed by atoms with Crippen LogP contribution in [0.5, 0.6) is 0 Å². The number of aromatic nitrogens is 2. The summed E-state index contributed by atoms with van der Waals surface area (Å²) in [5.74, 6) is -7.11. The molecule has 7 amide bonds. The maximum Gasteiger partial charge on any atom is 0.246 e. The molecular formula is C61H75F2N9O7. The van der Waals surface area contributed by atoms with Crippen molar-refractivity contribution in [3.8, 4) is 0 Å². The lowest BCUT2D eigenvalue weighted by atomic mass is 9.97. The van der Waals surface area contributed by atoms with Crippen molar-refractivity contribution < 1.29 is 42.3 Å². The van der Waals surface area contributed by atoms with Gasteiger partial charge in [-0.15, -0.1) is 6.58 Å². The summed E-state index contributed by atoms with van der Waals surface area (Å²) >= 11 is 0. The average molecular weight is 1080 g/mol. The number of carbonyl (C=O) groups is 7. The van der Waals surface area contributed by atoms with Gasteiger partial charge < -0.3 is 40.5 Å². The van der Waals surface area contributed by atoms with Crippen LogP contribution in [0.2, 0.25) is 0 Å². The van der Waals surface area contributed by atoms with E-state index in [9.17, 15) is 18.4 Å². The number of likely N-dealkylation sites (N-methyl/N-ethyl adjacent to an activating group) is 2. The largest absolute Gasteiger partial charge is 0.343 e. The molecule has 7 rings (SSSR count). The van der Waals surface area contributed by atoms with Crippen LogP contribution in [-0.4, -0.2) is 129 Å². The number of amides is 7. The highest BCUT2D eigenvalue weighted by Crippen LogP contribution is 2.30. The summed E-state index contributed by atoms with van der Waals surface area (Å²) in [4.78, 5) is 113. The fourth-order valence-corrected chi connectivity index (χ4v) is 10.6. The number of carbonyl (C=O) groups excluding carboxylic acids is 7. The molecule has 79 heavy (non-hydrogen) atoms. The van der Waals surface area contributed by atoms with E-state index in [-0.39, 0.29) is 56.0 Å². The Morgan fingerprint density at radius 2 is 1.30 bits per heavy atom. The van der Waals surface area contributed by atoms with Gasteiger partial charge in [-0.2, -0.15) is 0 Å². The number of benzene rings is 3. The normalized spacial score (nSPS) is 23.2.